The van der Waals surface area contributed by atoms with Crippen LogP contribution in [0.1, 0.15) is 5.69 Å². The summed E-state index contributed by atoms with van der Waals surface area (Å²) in [7, 11) is 1.45. The van der Waals surface area contributed by atoms with Crippen LogP contribution in [0.25, 0.3) is 16.6 Å². The van der Waals surface area contributed by atoms with Crippen LogP contribution in [-0.4, -0.2) is 16.9 Å². The normalized spacial score (nSPS) is 11.0. The highest BCUT2D eigenvalue weighted by Gasteiger charge is 2.11. The summed E-state index contributed by atoms with van der Waals surface area (Å²) in [5.41, 5.74) is 2.66. The molecule has 3 rings (SSSR count). The molecule has 0 amide bonds. The van der Waals surface area contributed by atoms with E-state index in [-0.39, 0.29) is 11.6 Å². The summed E-state index contributed by atoms with van der Waals surface area (Å²) in [4.78, 5) is 0. The van der Waals surface area contributed by atoms with Crippen molar-refractivity contribution >= 4 is 26.8 Å². The fourth-order valence-corrected chi connectivity index (χ4v) is 2.58. The standard InChI is InChI=1S/C15H12BrFN2O/c1-9-12-7-10(16)3-6-14(12)19(18-9)11-4-5-13(17)15(8-11)20-2/h3-8H,1-2H3. The third-order valence-corrected chi connectivity index (χ3v) is 3.70. The maximum absolute atomic E-state index is 13.5. The van der Waals surface area contributed by atoms with Crippen LogP contribution in [0.15, 0.2) is 40.9 Å². The van der Waals surface area contributed by atoms with Crippen molar-refractivity contribution in [2.24, 2.45) is 0 Å². The molecule has 5 heteroatoms. The fraction of sp³-hybridized carbons (Fsp3) is 0.133. The molecule has 102 valence electrons. The van der Waals surface area contributed by atoms with Crippen LogP contribution in [0.3, 0.4) is 0 Å². The number of ether oxygens (including phenoxy) is 1. The molecule has 20 heavy (non-hydrogen) atoms. The van der Waals surface area contributed by atoms with Crippen LogP contribution in [0, 0.1) is 12.7 Å². The van der Waals surface area contributed by atoms with E-state index in [2.05, 4.69) is 21.0 Å². The lowest BCUT2D eigenvalue weighted by molar-refractivity contribution is 0.386. The number of benzene rings is 2. The van der Waals surface area contributed by atoms with Gasteiger partial charge >= 0.3 is 0 Å². The molecule has 0 atom stereocenters. The van der Waals surface area contributed by atoms with Gasteiger partial charge in [0.1, 0.15) is 0 Å². The average Bonchev–Trinajstić information content (AvgIpc) is 2.76. The van der Waals surface area contributed by atoms with Crippen LogP contribution >= 0.6 is 15.9 Å². The minimum Gasteiger partial charge on any atom is -0.494 e. The lowest BCUT2D eigenvalue weighted by Crippen LogP contribution is -1.98. The highest BCUT2D eigenvalue weighted by atomic mass is 79.9. The minimum atomic E-state index is -0.382. The summed E-state index contributed by atoms with van der Waals surface area (Å²) >= 11 is 3.46. The number of aryl methyl sites for hydroxylation is 1. The van der Waals surface area contributed by atoms with Crippen molar-refractivity contribution in [2.45, 2.75) is 6.92 Å². The van der Waals surface area contributed by atoms with Gasteiger partial charge < -0.3 is 4.74 Å². The first-order valence-corrected chi connectivity index (χ1v) is 6.88. The molecule has 1 heterocycles. The lowest BCUT2D eigenvalue weighted by Gasteiger charge is -2.07. The topological polar surface area (TPSA) is 27.1 Å². The first-order valence-electron chi connectivity index (χ1n) is 6.09. The van der Waals surface area contributed by atoms with Gasteiger partial charge in [-0.3, -0.25) is 0 Å². The van der Waals surface area contributed by atoms with Crippen molar-refractivity contribution in [3.63, 3.8) is 0 Å². The number of halogens is 2. The van der Waals surface area contributed by atoms with Crippen molar-refractivity contribution in [3.05, 3.63) is 52.4 Å². The zero-order valence-corrected chi connectivity index (χ0v) is 12.6. The average molecular weight is 335 g/mol. The summed E-state index contributed by atoms with van der Waals surface area (Å²) in [5.74, 6) is -0.173. The number of fused-ring (bicyclic) bond motifs is 1. The molecule has 1 aromatic heterocycles. The zero-order valence-electron chi connectivity index (χ0n) is 11.0. The third kappa shape index (κ3) is 2.08. The van der Waals surface area contributed by atoms with Gasteiger partial charge in [-0.25, -0.2) is 9.07 Å². The van der Waals surface area contributed by atoms with E-state index in [1.807, 2.05) is 25.1 Å². The highest BCUT2D eigenvalue weighted by molar-refractivity contribution is 9.10. The van der Waals surface area contributed by atoms with Crippen molar-refractivity contribution in [2.75, 3.05) is 7.11 Å². The van der Waals surface area contributed by atoms with Crippen molar-refractivity contribution in [3.8, 4) is 11.4 Å². The number of nitrogens with zero attached hydrogens (tertiary/aromatic N) is 2. The lowest BCUT2D eigenvalue weighted by atomic mass is 10.2. The number of hydrogen-bond donors (Lipinski definition) is 0. The minimum absolute atomic E-state index is 0.209. The van der Waals surface area contributed by atoms with Gasteiger partial charge in [0.2, 0.25) is 0 Å². The Morgan fingerprint density at radius 2 is 2.00 bits per heavy atom. The zero-order chi connectivity index (χ0) is 14.3. The van der Waals surface area contributed by atoms with Gasteiger partial charge in [-0.15, -0.1) is 0 Å². The maximum Gasteiger partial charge on any atom is 0.165 e. The molecule has 0 saturated carbocycles. The van der Waals surface area contributed by atoms with E-state index in [1.165, 1.54) is 13.2 Å². The van der Waals surface area contributed by atoms with Gasteiger partial charge in [0.25, 0.3) is 0 Å². The van der Waals surface area contributed by atoms with Crippen molar-refractivity contribution in [1.29, 1.82) is 0 Å². The Morgan fingerprint density at radius 1 is 1.20 bits per heavy atom. The van der Waals surface area contributed by atoms with Crippen molar-refractivity contribution in [1.82, 2.24) is 9.78 Å². The molecule has 3 nitrogen and oxygen atoms in total. The Kier molecular flexibility index (Phi) is 3.22. The second-order valence-electron chi connectivity index (χ2n) is 4.48. The third-order valence-electron chi connectivity index (χ3n) is 3.21. The van der Waals surface area contributed by atoms with Crippen LogP contribution < -0.4 is 4.74 Å². The molecule has 0 spiro atoms. The smallest absolute Gasteiger partial charge is 0.165 e. The SMILES string of the molecule is COc1cc(-n2nc(C)c3cc(Br)ccc32)ccc1F. The number of hydrogen-bond acceptors (Lipinski definition) is 2. The van der Waals surface area contributed by atoms with E-state index in [4.69, 9.17) is 4.74 Å². The van der Waals surface area contributed by atoms with Crippen LogP contribution in [0.2, 0.25) is 0 Å². The summed E-state index contributed by atoms with van der Waals surface area (Å²) in [6, 6.07) is 10.7. The Bertz CT molecular complexity index is 798. The van der Waals surface area contributed by atoms with Crippen molar-refractivity contribution < 1.29 is 9.13 Å². The molecule has 0 aliphatic carbocycles. The number of methoxy groups -OCH3 is 1. The Morgan fingerprint density at radius 3 is 2.75 bits per heavy atom. The quantitative estimate of drug-likeness (QED) is 0.700. The van der Waals surface area contributed by atoms with E-state index < -0.39 is 0 Å². The molecule has 0 bridgehead atoms. The monoisotopic (exact) mass is 334 g/mol. The van der Waals surface area contributed by atoms with Crippen LogP contribution in [-0.2, 0) is 0 Å². The second-order valence-corrected chi connectivity index (χ2v) is 5.39. The molecule has 0 aliphatic rings. The molecule has 0 fully saturated rings. The van der Waals surface area contributed by atoms with Gasteiger partial charge in [0, 0.05) is 15.9 Å². The number of aromatic nitrogens is 2. The van der Waals surface area contributed by atoms with Crippen LogP contribution in [0.5, 0.6) is 5.75 Å². The van der Waals surface area contributed by atoms with E-state index in [1.54, 1.807) is 16.8 Å². The summed E-state index contributed by atoms with van der Waals surface area (Å²) in [6.07, 6.45) is 0. The summed E-state index contributed by atoms with van der Waals surface area (Å²) in [5, 5.41) is 5.58. The Balaban J connectivity index is 2.24. The predicted molar refractivity (Wildman–Crippen MR) is 80.0 cm³/mol. The molecule has 0 radical (unpaired) electrons. The maximum atomic E-state index is 13.5. The Hall–Kier alpha value is -1.88. The second kappa shape index (κ2) is 4.90. The van der Waals surface area contributed by atoms with Gasteiger partial charge in [-0.05, 0) is 37.3 Å². The molecule has 0 aliphatic heterocycles. The predicted octanol–water partition coefficient (Wildman–Crippen LogP) is 4.24. The molecule has 0 unspecified atom stereocenters. The van der Waals surface area contributed by atoms with E-state index in [0.717, 1.165) is 26.8 Å². The molecule has 0 saturated heterocycles. The van der Waals surface area contributed by atoms with Crippen LogP contribution in [0.4, 0.5) is 4.39 Å². The van der Waals surface area contributed by atoms with E-state index in [0.29, 0.717) is 0 Å². The van der Waals surface area contributed by atoms with E-state index >= 15 is 0 Å². The highest BCUT2D eigenvalue weighted by Crippen LogP contribution is 2.27. The molecular weight excluding hydrogens is 323 g/mol. The summed E-state index contributed by atoms with van der Waals surface area (Å²) in [6.45, 7) is 1.95. The van der Waals surface area contributed by atoms with Gasteiger partial charge in [0.05, 0.1) is 24.0 Å². The Labute approximate surface area is 124 Å². The van der Waals surface area contributed by atoms with E-state index in [9.17, 15) is 4.39 Å². The molecule has 3 aromatic rings. The van der Waals surface area contributed by atoms with Gasteiger partial charge in [0.15, 0.2) is 11.6 Å². The largest absolute Gasteiger partial charge is 0.494 e. The molecular formula is C15H12BrFN2O. The molecule has 0 N–H and O–H groups in total. The summed E-state index contributed by atoms with van der Waals surface area (Å²) < 4.78 is 21.3. The first-order chi connectivity index (χ1) is 9.60. The van der Waals surface area contributed by atoms with Gasteiger partial charge in [-0.2, -0.15) is 5.10 Å². The fourth-order valence-electron chi connectivity index (χ4n) is 2.22. The van der Waals surface area contributed by atoms with Gasteiger partial charge in [-0.1, -0.05) is 15.9 Å². The number of rotatable bonds is 2. The first kappa shape index (κ1) is 13.1. The molecule has 2 aromatic carbocycles.